The lowest BCUT2D eigenvalue weighted by Gasteiger charge is -2.17. The Morgan fingerprint density at radius 1 is 1.37 bits per heavy atom. The Morgan fingerprint density at radius 3 is 2.70 bits per heavy atom. The van der Waals surface area contributed by atoms with Crippen molar-refractivity contribution in [2.75, 3.05) is 11.9 Å². The molecule has 1 aliphatic rings. The topological polar surface area (TPSA) is 56.2 Å². The third kappa shape index (κ3) is 5.19. The Morgan fingerprint density at radius 2 is 2.07 bits per heavy atom. The average Bonchev–Trinajstić information content (AvgIpc) is 3.18. The lowest BCUT2D eigenvalue weighted by Crippen LogP contribution is -2.23. The first-order valence-corrected chi connectivity index (χ1v) is 10.6. The number of halogens is 2. The number of thioether (sulfide) groups is 1. The van der Waals surface area contributed by atoms with Gasteiger partial charge in [0.25, 0.3) is 0 Å². The molecule has 1 saturated heterocycles. The summed E-state index contributed by atoms with van der Waals surface area (Å²) < 4.78 is 7.93. The molecular formula is C19H23Cl2N3O2S. The normalized spacial score (nSPS) is 17.9. The number of aryl methyl sites for hydroxylation is 1. The van der Waals surface area contributed by atoms with Gasteiger partial charge in [0.15, 0.2) is 5.16 Å². The molecule has 146 valence electrons. The van der Waals surface area contributed by atoms with Crippen molar-refractivity contribution in [3.63, 3.8) is 0 Å². The summed E-state index contributed by atoms with van der Waals surface area (Å²) in [6.45, 7) is 7.50. The van der Waals surface area contributed by atoms with Crippen LogP contribution in [0.1, 0.15) is 31.2 Å². The van der Waals surface area contributed by atoms with Gasteiger partial charge in [-0.1, -0.05) is 35.0 Å². The number of aromatic nitrogens is 2. The summed E-state index contributed by atoms with van der Waals surface area (Å²) in [6.07, 6.45) is 2.38. The van der Waals surface area contributed by atoms with Crippen molar-refractivity contribution >= 4 is 46.6 Å². The molecule has 0 aliphatic carbocycles. The van der Waals surface area contributed by atoms with Gasteiger partial charge in [-0.15, -0.1) is 0 Å². The van der Waals surface area contributed by atoms with Gasteiger partial charge in [0.2, 0.25) is 5.91 Å². The monoisotopic (exact) mass is 427 g/mol. The molecular weight excluding hydrogens is 405 g/mol. The molecule has 0 saturated carbocycles. The number of imidazole rings is 1. The number of hydrogen-bond donors (Lipinski definition) is 1. The molecule has 3 rings (SSSR count). The molecule has 1 aromatic carbocycles. The van der Waals surface area contributed by atoms with Crippen LogP contribution in [0.4, 0.5) is 5.69 Å². The Balaban J connectivity index is 1.70. The number of benzene rings is 1. The highest BCUT2D eigenvalue weighted by atomic mass is 35.5. The number of amides is 1. The third-order valence-corrected chi connectivity index (χ3v) is 6.14. The maximum absolute atomic E-state index is 12.6. The molecule has 1 amide bonds. The van der Waals surface area contributed by atoms with Crippen LogP contribution in [0.5, 0.6) is 0 Å². The van der Waals surface area contributed by atoms with Crippen molar-refractivity contribution < 1.29 is 9.53 Å². The smallest absolute Gasteiger partial charge is 0.237 e. The Hall–Kier alpha value is -1.21. The van der Waals surface area contributed by atoms with E-state index in [2.05, 4.69) is 21.8 Å². The zero-order valence-corrected chi connectivity index (χ0v) is 17.9. The van der Waals surface area contributed by atoms with Gasteiger partial charge in [-0.2, -0.15) is 0 Å². The van der Waals surface area contributed by atoms with Crippen LogP contribution in [0.25, 0.3) is 0 Å². The number of carbonyl (C=O) groups is 1. The number of carbonyl (C=O) groups excluding carboxylic acids is 1. The van der Waals surface area contributed by atoms with E-state index >= 15 is 0 Å². The number of nitrogens with one attached hydrogen (secondary N) is 1. The first-order valence-electron chi connectivity index (χ1n) is 8.92. The molecule has 0 radical (unpaired) electrons. The van der Waals surface area contributed by atoms with Crippen LogP contribution in [0.15, 0.2) is 23.4 Å². The minimum atomic E-state index is -0.327. The van der Waals surface area contributed by atoms with Crippen LogP contribution < -0.4 is 5.32 Å². The predicted molar refractivity (Wildman–Crippen MR) is 111 cm³/mol. The zero-order valence-electron chi connectivity index (χ0n) is 15.6. The molecule has 0 spiro atoms. The van der Waals surface area contributed by atoms with Gasteiger partial charge in [0, 0.05) is 28.0 Å². The van der Waals surface area contributed by atoms with E-state index in [0.29, 0.717) is 15.7 Å². The standard InChI is InChI=1S/C19H23Cl2N3O2S/c1-11-12(2)24(10-17-5-4-6-26-17)19(22-11)27-13(3)18(25)23-16-8-14(20)7-15(21)9-16/h7-9,13,17H,4-6,10H2,1-3H3,(H,23,25)/t13-,17-/m0/s1. The van der Waals surface area contributed by atoms with E-state index in [-0.39, 0.29) is 17.3 Å². The quantitative estimate of drug-likeness (QED) is 0.650. The molecule has 0 bridgehead atoms. The lowest BCUT2D eigenvalue weighted by atomic mass is 10.2. The summed E-state index contributed by atoms with van der Waals surface area (Å²) in [4.78, 5) is 17.3. The molecule has 1 fully saturated rings. The minimum absolute atomic E-state index is 0.125. The van der Waals surface area contributed by atoms with Crippen molar-refractivity contribution in [3.05, 3.63) is 39.6 Å². The molecule has 8 heteroatoms. The van der Waals surface area contributed by atoms with E-state index in [1.165, 1.54) is 11.8 Å². The molecule has 1 aromatic heterocycles. The Kier molecular flexibility index (Phi) is 6.74. The number of ether oxygens (including phenoxy) is 1. The highest BCUT2D eigenvalue weighted by Gasteiger charge is 2.23. The van der Waals surface area contributed by atoms with Crippen LogP contribution >= 0.6 is 35.0 Å². The first kappa shape index (κ1) is 20.5. The molecule has 27 heavy (non-hydrogen) atoms. The lowest BCUT2D eigenvalue weighted by molar-refractivity contribution is -0.115. The molecule has 2 atom stereocenters. The highest BCUT2D eigenvalue weighted by Crippen LogP contribution is 2.29. The van der Waals surface area contributed by atoms with Gasteiger partial charge in [0.05, 0.1) is 23.6 Å². The SMILES string of the molecule is Cc1nc(S[C@@H](C)C(=O)Nc2cc(Cl)cc(Cl)c2)n(C[C@@H]2CCCO2)c1C. The number of anilines is 1. The van der Waals surface area contributed by atoms with Gasteiger partial charge >= 0.3 is 0 Å². The van der Waals surface area contributed by atoms with E-state index in [4.69, 9.17) is 27.9 Å². The zero-order chi connectivity index (χ0) is 19.6. The van der Waals surface area contributed by atoms with Crippen LogP contribution in [0.2, 0.25) is 10.0 Å². The molecule has 2 aromatic rings. The summed E-state index contributed by atoms with van der Waals surface area (Å²) in [6, 6.07) is 4.98. The van der Waals surface area contributed by atoms with Crippen LogP contribution in [0, 0.1) is 13.8 Å². The third-order valence-electron chi connectivity index (χ3n) is 4.61. The second-order valence-corrected chi connectivity index (χ2v) is 8.90. The van der Waals surface area contributed by atoms with Crippen LogP contribution in [0.3, 0.4) is 0 Å². The molecule has 1 N–H and O–H groups in total. The summed E-state index contributed by atoms with van der Waals surface area (Å²) in [5, 5.41) is 4.35. The van der Waals surface area contributed by atoms with Gasteiger partial charge in [-0.25, -0.2) is 4.98 Å². The maximum Gasteiger partial charge on any atom is 0.237 e. The van der Waals surface area contributed by atoms with Gasteiger partial charge in [-0.3, -0.25) is 4.79 Å². The van der Waals surface area contributed by atoms with E-state index in [1.54, 1.807) is 18.2 Å². The first-order chi connectivity index (χ1) is 12.8. The fourth-order valence-electron chi connectivity index (χ4n) is 3.00. The van der Waals surface area contributed by atoms with Gasteiger partial charge in [0.1, 0.15) is 0 Å². The van der Waals surface area contributed by atoms with Crippen molar-refractivity contribution in [2.45, 2.75) is 56.7 Å². The Bertz CT molecular complexity index is 814. The Labute approximate surface area is 173 Å². The van der Waals surface area contributed by atoms with E-state index in [9.17, 15) is 4.79 Å². The van der Waals surface area contributed by atoms with Crippen molar-refractivity contribution in [3.8, 4) is 0 Å². The van der Waals surface area contributed by atoms with Crippen LogP contribution in [-0.2, 0) is 16.1 Å². The maximum atomic E-state index is 12.6. The number of hydrogen-bond acceptors (Lipinski definition) is 4. The van der Waals surface area contributed by atoms with Crippen molar-refractivity contribution in [1.82, 2.24) is 9.55 Å². The summed E-state index contributed by atoms with van der Waals surface area (Å²) in [5.74, 6) is -0.125. The number of rotatable bonds is 6. The second-order valence-electron chi connectivity index (χ2n) is 6.72. The van der Waals surface area contributed by atoms with Crippen molar-refractivity contribution in [1.29, 1.82) is 0 Å². The van der Waals surface area contributed by atoms with E-state index in [1.807, 2.05) is 13.8 Å². The minimum Gasteiger partial charge on any atom is -0.376 e. The average molecular weight is 428 g/mol. The van der Waals surface area contributed by atoms with Gasteiger partial charge in [-0.05, 0) is 51.8 Å². The summed E-state index contributed by atoms with van der Waals surface area (Å²) >= 11 is 13.4. The highest BCUT2D eigenvalue weighted by molar-refractivity contribution is 8.00. The molecule has 2 heterocycles. The fourth-order valence-corrected chi connectivity index (χ4v) is 4.54. The summed E-state index contributed by atoms with van der Waals surface area (Å²) in [7, 11) is 0. The molecule has 1 aliphatic heterocycles. The van der Waals surface area contributed by atoms with Crippen molar-refractivity contribution in [2.24, 2.45) is 0 Å². The molecule has 5 nitrogen and oxygen atoms in total. The predicted octanol–water partition coefficient (Wildman–Crippen LogP) is 5.11. The van der Waals surface area contributed by atoms with E-state index < -0.39 is 0 Å². The summed E-state index contributed by atoms with van der Waals surface area (Å²) in [5.41, 5.74) is 2.67. The van der Waals surface area contributed by atoms with E-state index in [0.717, 1.165) is 42.5 Å². The number of nitrogens with zero attached hydrogens (tertiary/aromatic N) is 2. The molecule has 0 unspecified atom stereocenters. The second kappa shape index (κ2) is 8.86. The largest absolute Gasteiger partial charge is 0.376 e. The fraction of sp³-hybridized carbons (Fsp3) is 0.474. The van der Waals surface area contributed by atoms with Gasteiger partial charge < -0.3 is 14.6 Å². The van der Waals surface area contributed by atoms with Crippen LogP contribution in [-0.4, -0.2) is 33.4 Å².